The van der Waals surface area contributed by atoms with Crippen molar-refractivity contribution in [2.75, 3.05) is 19.5 Å². The van der Waals surface area contributed by atoms with Crippen LogP contribution in [0.1, 0.15) is 50.2 Å². The summed E-state index contributed by atoms with van der Waals surface area (Å²) >= 11 is 1.50. The molecule has 4 rings (SSSR count). The number of hydrogen-bond acceptors (Lipinski definition) is 7. The Hall–Kier alpha value is -2.74. The lowest BCUT2D eigenvalue weighted by molar-refractivity contribution is -0.116. The Morgan fingerprint density at radius 2 is 1.90 bits per heavy atom. The van der Waals surface area contributed by atoms with Crippen molar-refractivity contribution in [3.63, 3.8) is 0 Å². The monoisotopic (exact) mass is 427 g/mol. The molecule has 1 atom stereocenters. The molecule has 0 saturated heterocycles. The number of benzene rings is 1. The second kappa shape index (κ2) is 8.18. The van der Waals surface area contributed by atoms with Crippen molar-refractivity contribution in [2.45, 2.75) is 49.4 Å². The summed E-state index contributed by atoms with van der Waals surface area (Å²) in [6, 6.07) is 5.51. The number of nitrogens with one attached hydrogen (secondary N) is 2. The maximum Gasteiger partial charge on any atom is 0.257 e. The highest BCUT2D eigenvalue weighted by atomic mass is 32.2. The SMILES string of the molecule is COc1ccc([C@H]2C3=C(CCCC3=O)Nc3nc(SC(C)C)[nH]c(=O)c32)cc1OC. The lowest BCUT2D eigenvalue weighted by Gasteiger charge is -2.33. The first-order valence-electron chi connectivity index (χ1n) is 9.99. The fourth-order valence-corrected chi connectivity index (χ4v) is 4.83. The fourth-order valence-electron chi connectivity index (χ4n) is 4.09. The van der Waals surface area contributed by atoms with Gasteiger partial charge < -0.3 is 19.8 Å². The molecule has 2 aromatic rings. The highest BCUT2D eigenvalue weighted by Gasteiger charge is 2.38. The van der Waals surface area contributed by atoms with Crippen LogP contribution in [-0.2, 0) is 4.79 Å². The van der Waals surface area contributed by atoms with Crippen LogP contribution in [0.5, 0.6) is 11.5 Å². The average molecular weight is 428 g/mol. The number of anilines is 1. The number of hydrogen-bond donors (Lipinski definition) is 2. The standard InChI is InChI=1S/C22H25N3O4S/c1-11(2)30-22-24-20-19(21(27)25-22)17(18-13(23-20)6-5-7-14(18)26)12-8-9-15(28-3)16(10-12)29-4/h8-11,17H,5-7H2,1-4H3,(H2,23,24,25,27)/t17-/m0/s1. The summed E-state index contributed by atoms with van der Waals surface area (Å²) in [6.45, 7) is 4.09. The van der Waals surface area contributed by atoms with Gasteiger partial charge in [0.25, 0.3) is 5.56 Å². The summed E-state index contributed by atoms with van der Waals surface area (Å²) in [7, 11) is 3.14. The molecule has 30 heavy (non-hydrogen) atoms. The van der Waals surface area contributed by atoms with Crippen LogP contribution in [0.2, 0.25) is 0 Å². The number of aromatic nitrogens is 2. The normalized spacial score (nSPS) is 18.0. The highest BCUT2D eigenvalue weighted by molar-refractivity contribution is 7.99. The van der Waals surface area contributed by atoms with E-state index in [-0.39, 0.29) is 16.6 Å². The van der Waals surface area contributed by atoms with Crippen LogP contribution >= 0.6 is 11.8 Å². The van der Waals surface area contributed by atoms with E-state index >= 15 is 0 Å². The number of ketones is 1. The largest absolute Gasteiger partial charge is 0.493 e. The number of carbonyl (C=O) groups excluding carboxylic acids is 1. The van der Waals surface area contributed by atoms with Gasteiger partial charge in [0.15, 0.2) is 22.4 Å². The second-order valence-electron chi connectivity index (χ2n) is 7.64. The Labute approximate surface area is 179 Å². The molecule has 1 aliphatic carbocycles. The molecule has 0 spiro atoms. The third kappa shape index (κ3) is 3.60. The van der Waals surface area contributed by atoms with Crippen molar-refractivity contribution in [3.05, 3.63) is 50.9 Å². The number of aromatic amines is 1. The summed E-state index contributed by atoms with van der Waals surface area (Å²) in [6.07, 6.45) is 2.02. The van der Waals surface area contributed by atoms with E-state index in [9.17, 15) is 9.59 Å². The molecule has 1 aromatic carbocycles. The van der Waals surface area contributed by atoms with Crippen molar-refractivity contribution in [3.8, 4) is 11.5 Å². The van der Waals surface area contributed by atoms with Gasteiger partial charge in [-0.2, -0.15) is 0 Å². The molecule has 1 aliphatic heterocycles. The minimum Gasteiger partial charge on any atom is -0.493 e. The van der Waals surface area contributed by atoms with Crippen LogP contribution in [0, 0.1) is 0 Å². The van der Waals surface area contributed by atoms with Crippen molar-refractivity contribution >= 4 is 23.4 Å². The first kappa shape index (κ1) is 20.5. The Morgan fingerprint density at radius 1 is 1.13 bits per heavy atom. The molecule has 2 N–H and O–H groups in total. The molecular formula is C22H25N3O4S. The van der Waals surface area contributed by atoms with Gasteiger partial charge in [-0.1, -0.05) is 31.7 Å². The number of Topliss-reactive ketones (excluding diaryl/α,β-unsaturated/α-hetero) is 1. The Kier molecular flexibility index (Phi) is 5.60. The molecule has 0 amide bonds. The molecule has 0 unspecified atom stereocenters. The molecule has 1 aromatic heterocycles. The third-order valence-corrected chi connectivity index (χ3v) is 6.21. The summed E-state index contributed by atoms with van der Waals surface area (Å²) in [5.74, 6) is 1.23. The average Bonchev–Trinajstić information content (AvgIpc) is 2.71. The van der Waals surface area contributed by atoms with Gasteiger partial charge in [-0.25, -0.2) is 4.98 Å². The van der Waals surface area contributed by atoms with Gasteiger partial charge >= 0.3 is 0 Å². The summed E-state index contributed by atoms with van der Waals surface area (Å²) in [5, 5.41) is 4.14. The van der Waals surface area contributed by atoms with Crippen molar-refractivity contribution in [2.24, 2.45) is 0 Å². The van der Waals surface area contributed by atoms with Gasteiger partial charge in [-0.05, 0) is 30.5 Å². The Bertz CT molecular complexity index is 1090. The zero-order valence-corrected chi connectivity index (χ0v) is 18.3. The van der Waals surface area contributed by atoms with Crippen LogP contribution in [-0.4, -0.2) is 35.2 Å². The van der Waals surface area contributed by atoms with Crippen molar-refractivity contribution in [1.82, 2.24) is 9.97 Å². The van der Waals surface area contributed by atoms with Crippen LogP contribution in [0.3, 0.4) is 0 Å². The van der Waals surface area contributed by atoms with Crippen molar-refractivity contribution in [1.29, 1.82) is 0 Å². The number of carbonyl (C=O) groups is 1. The van der Waals surface area contributed by atoms with Crippen molar-refractivity contribution < 1.29 is 14.3 Å². The number of rotatable bonds is 5. The first-order chi connectivity index (χ1) is 14.4. The second-order valence-corrected chi connectivity index (χ2v) is 9.21. The number of H-pyrrole nitrogens is 1. The van der Waals surface area contributed by atoms with Crippen LogP contribution < -0.4 is 20.3 Å². The predicted molar refractivity (Wildman–Crippen MR) is 117 cm³/mol. The van der Waals surface area contributed by atoms with Gasteiger partial charge in [0.05, 0.1) is 19.8 Å². The summed E-state index contributed by atoms with van der Waals surface area (Å²) in [4.78, 5) is 33.7. The number of fused-ring (bicyclic) bond motifs is 1. The minimum atomic E-state index is -0.502. The predicted octanol–water partition coefficient (Wildman–Crippen LogP) is 3.85. The van der Waals surface area contributed by atoms with E-state index < -0.39 is 5.92 Å². The van der Waals surface area contributed by atoms with Crippen LogP contribution in [0.25, 0.3) is 0 Å². The molecular weight excluding hydrogens is 402 g/mol. The van der Waals surface area contributed by atoms with E-state index in [1.807, 2.05) is 26.0 Å². The molecule has 7 nitrogen and oxygen atoms in total. The van der Waals surface area contributed by atoms with Gasteiger partial charge in [-0.3, -0.25) is 9.59 Å². The van der Waals surface area contributed by atoms with E-state index in [2.05, 4.69) is 15.3 Å². The van der Waals surface area contributed by atoms with E-state index in [0.717, 1.165) is 24.1 Å². The van der Waals surface area contributed by atoms with Crippen LogP contribution in [0.15, 0.2) is 39.4 Å². The zero-order chi connectivity index (χ0) is 21.4. The highest BCUT2D eigenvalue weighted by Crippen LogP contribution is 2.45. The van der Waals surface area contributed by atoms with Crippen LogP contribution in [0.4, 0.5) is 5.82 Å². The maximum atomic E-state index is 13.2. The van der Waals surface area contributed by atoms with Gasteiger partial charge in [0.1, 0.15) is 5.82 Å². The van der Waals surface area contributed by atoms with Gasteiger partial charge in [0, 0.05) is 28.9 Å². The molecule has 8 heteroatoms. The lowest BCUT2D eigenvalue weighted by Crippen LogP contribution is -2.32. The molecule has 0 radical (unpaired) electrons. The number of ether oxygens (including phenoxy) is 2. The number of allylic oxidation sites excluding steroid dienone is 2. The quantitative estimate of drug-likeness (QED) is 0.553. The maximum absolute atomic E-state index is 13.2. The number of nitrogens with zero attached hydrogens (tertiary/aromatic N) is 1. The fraction of sp³-hybridized carbons (Fsp3) is 0.409. The first-order valence-corrected chi connectivity index (χ1v) is 10.9. The molecule has 2 heterocycles. The Morgan fingerprint density at radius 3 is 2.60 bits per heavy atom. The van der Waals surface area contributed by atoms with E-state index in [0.29, 0.717) is 40.0 Å². The summed E-state index contributed by atoms with van der Waals surface area (Å²) < 4.78 is 10.8. The van der Waals surface area contributed by atoms with Gasteiger partial charge in [0.2, 0.25) is 0 Å². The minimum absolute atomic E-state index is 0.0641. The zero-order valence-electron chi connectivity index (χ0n) is 17.5. The number of thioether (sulfide) groups is 1. The van der Waals surface area contributed by atoms with E-state index in [4.69, 9.17) is 9.47 Å². The Balaban J connectivity index is 1.93. The molecule has 0 bridgehead atoms. The molecule has 158 valence electrons. The lowest BCUT2D eigenvalue weighted by atomic mass is 9.76. The third-order valence-electron chi connectivity index (χ3n) is 5.32. The number of methoxy groups -OCH3 is 2. The van der Waals surface area contributed by atoms with Gasteiger partial charge in [-0.15, -0.1) is 0 Å². The topological polar surface area (TPSA) is 93.3 Å². The summed E-state index contributed by atoms with van der Waals surface area (Å²) in [5.41, 5.74) is 2.54. The molecule has 0 saturated carbocycles. The van der Waals surface area contributed by atoms with E-state index in [1.165, 1.54) is 11.8 Å². The smallest absolute Gasteiger partial charge is 0.257 e. The molecule has 2 aliphatic rings. The van der Waals surface area contributed by atoms with E-state index in [1.54, 1.807) is 20.3 Å². The molecule has 0 fully saturated rings.